The Morgan fingerprint density at radius 3 is 3.12 bits per heavy atom. The standard InChI is InChI=1S/C13H15ClO3/c14-11-3-4-13(10(8-11)9-15)17-7-5-12-2-1-6-16-12/h3-4,8-9,12H,1-2,5-7H2. The van der Waals surface area contributed by atoms with Crippen molar-refractivity contribution >= 4 is 17.9 Å². The molecule has 17 heavy (non-hydrogen) atoms. The second-order valence-electron chi connectivity index (χ2n) is 4.07. The predicted octanol–water partition coefficient (Wildman–Crippen LogP) is 3.10. The number of benzene rings is 1. The summed E-state index contributed by atoms with van der Waals surface area (Å²) in [6, 6.07) is 5.05. The minimum Gasteiger partial charge on any atom is -0.493 e. The fourth-order valence-corrected chi connectivity index (χ4v) is 2.10. The first kappa shape index (κ1) is 12.4. The fraction of sp³-hybridized carbons (Fsp3) is 0.462. The summed E-state index contributed by atoms with van der Waals surface area (Å²) >= 11 is 5.80. The first-order chi connectivity index (χ1) is 8.29. The number of carbonyl (C=O) groups is 1. The average Bonchev–Trinajstić information content (AvgIpc) is 2.84. The van der Waals surface area contributed by atoms with Crippen LogP contribution in [0.5, 0.6) is 5.75 Å². The molecule has 0 radical (unpaired) electrons. The highest BCUT2D eigenvalue weighted by Crippen LogP contribution is 2.22. The predicted molar refractivity (Wildman–Crippen MR) is 65.9 cm³/mol. The quantitative estimate of drug-likeness (QED) is 0.758. The van der Waals surface area contributed by atoms with Crippen molar-refractivity contribution in [1.82, 2.24) is 0 Å². The second-order valence-corrected chi connectivity index (χ2v) is 4.51. The molecule has 1 unspecified atom stereocenters. The van der Waals surface area contributed by atoms with Gasteiger partial charge in [0.15, 0.2) is 6.29 Å². The highest BCUT2D eigenvalue weighted by molar-refractivity contribution is 6.30. The SMILES string of the molecule is O=Cc1cc(Cl)ccc1OCCC1CCCO1. The van der Waals surface area contributed by atoms with Crippen LogP contribution >= 0.6 is 11.6 Å². The number of aldehydes is 1. The van der Waals surface area contributed by atoms with E-state index >= 15 is 0 Å². The molecule has 1 aliphatic rings. The Morgan fingerprint density at radius 2 is 2.41 bits per heavy atom. The molecule has 1 aliphatic heterocycles. The molecule has 3 nitrogen and oxygen atoms in total. The topological polar surface area (TPSA) is 35.5 Å². The lowest BCUT2D eigenvalue weighted by Crippen LogP contribution is -2.11. The van der Waals surface area contributed by atoms with E-state index in [2.05, 4.69) is 0 Å². The van der Waals surface area contributed by atoms with Gasteiger partial charge >= 0.3 is 0 Å². The third-order valence-corrected chi connectivity index (χ3v) is 3.06. The van der Waals surface area contributed by atoms with Crippen LogP contribution in [-0.4, -0.2) is 25.6 Å². The molecule has 0 aromatic heterocycles. The van der Waals surface area contributed by atoms with E-state index < -0.39 is 0 Å². The Kier molecular flexibility index (Phi) is 4.40. The Balaban J connectivity index is 1.87. The molecule has 0 bridgehead atoms. The third-order valence-electron chi connectivity index (χ3n) is 2.82. The molecule has 0 spiro atoms. The lowest BCUT2D eigenvalue weighted by atomic mass is 10.2. The molecule has 0 N–H and O–H groups in total. The zero-order chi connectivity index (χ0) is 12.1. The van der Waals surface area contributed by atoms with Crippen LogP contribution in [0.25, 0.3) is 0 Å². The van der Waals surface area contributed by atoms with Crippen molar-refractivity contribution in [2.45, 2.75) is 25.4 Å². The van der Waals surface area contributed by atoms with Crippen LogP contribution in [0.2, 0.25) is 5.02 Å². The Hall–Kier alpha value is -1.06. The summed E-state index contributed by atoms with van der Waals surface area (Å²) < 4.78 is 11.1. The summed E-state index contributed by atoms with van der Waals surface area (Å²) in [6.45, 7) is 1.42. The number of halogens is 1. The van der Waals surface area contributed by atoms with E-state index in [1.807, 2.05) is 0 Å². The molecule has 0 aliphatic carbocycles. The third kappa shape index (κ3) is 3.45. The van der Waals surface area contributed by atoms with Crippen LogP contribution in [0.1, 0.15) is 29.6 Å². The summed E-state index contributed by atoms with van der Waals surface area (Å²) in [5.74, 6) is 0.586. The molecular weight excluding hydrogens is 240 g/mol. The molecule has 1 atom stereocenters. The lowest BCUT2D eigenvalue weighted by molar-refractivity contribution is 0.0901. The van der Waals surface area contributed by atoms with Gasteiger partial charge in [-0.1, -0.05) is 11.6 Å². The molecule has 0 amide bonds. The molecule has 92 valence electrons. The maximum atomic E-state index is 10.8. The van der Waals surface area contributed by atoms with Gasteiger partial charge in [-0.15, -0.1) is 0 Å². The molecule has 1 saturated heterocycles. The van der Waals surface area contributed by atoms with Gasteiger partial charge in [0, 0.05) is 18.1 Å². The van der Waals surface area contributed by atoms with E-state index in [4.69, 9.17) is 21.1 Å². The van der Waals surface area contributed by atoms with Crippen molar-refractivity contribution in [3.8, 4) is 5.75 Å². The van der Waals surface area contributed by atoms with E-state index in [1.165, 1.54) is 0 Å². The Labute approximate surface area is 106 Å². The van der Waals surface area contributed by atoms with Crippen molar-refractivity contribution in [3.05, 3.63) is 28.8 Å². The maximum Gasteiger partial charge on any atom is 0.153 e. The number of hydrogen-bond donors (Lipinski definition) is 0. The highest BCUT2D eigenvalue weighted by atomic mass is 35.5. The van der Waals surface area contributed by atoms with Crippen molar-refractivity contribution in [2.24, 2.45) is 0 Å². The number of ether oxygens (including phenoxy) is 2. The van der Waals surface area contributed by atoms with Gasteiger partial charge in [-0.05, 0) is 31.0 Å². The van der Waals surface area contributed by atoms with Gasteiger partial charge in [0.2, 0.25) is 0 Å². The summed E-state index contributed by atoms with van der Waals surface area (Å²) in [5, 5.41) is 0.540. The smallest absolute Gasteiger partial charge is 0.153 e. The highest BCUT2D eigenvalue weighted by Gasteiger charge is 2.15. The van der Waals surface area contributed by atoms with Crippen molar-refractivity contribution in [1.29, 1.82) is 0 Å². The molecule has 2 rings (SSSR count). The summed E-state index contributed by atoms with van der Waals surface area (Å²) in [4.78, 5) is 10.8. The number of rotatable bonds is 5. The van der Waals surface area contributed by atoms with Crippen molar-refractivity contribution < 1.29 is 14.3 Å². The van der Waals surface area contributed by atoms with Gasteiger partial charge in [-0.2, -0.15) is 0 Å². The maximum absolute atomic E-state index is 10.8. The molecule has 0 saturated carbocycles. The van der Waals surface area contributed by atoms with E-state index in [0.717, 1.165) is 32.2 Å². The molecule has 1 fully saturated rings. The van der Waals surface area contributed by atoms with Gasteiger partial charge in [0.1, 0.15) is 5.75 Å². The van der Waals surface area contributed by atoms with Crippen LogP contribution in [0.4, 0.5) is 0 Å². The number of carbonyl (C=O) groups excluding carboxylic acids is 1. The fourth-order valence-electron chi connectivity index (χ4n) is 1.92. The number of hydrogen-bond acceptors (Lipinski definition) is 3. The first-order valence-corrected chi connectivity index (χ1v) is 6.16. The van der Waals surface area contributed by atoms with Crippen LogP contribution in [0, 0.1) is 0 Å². The average molecular weight is 255 g/mol. The monoisotopic (exact) mass is 254 g/mol. The van der Waals surface area contributed by atoms with E-state index in [-0.39, 0.29) is 0 Å². The largest absolute Gasteiger partial charge is 0.493 e. The minimum absolute atomic E-state index is 0.307. The minimum atomic E-state index is 0.307. The van der Waals surface area contributed by atoms with Gasteiger partial charge < -0.3 is 9.47 Å². The van der Waals surface area contributed by atoms with Crippen molar-refractivity contribution in [3.63, 3.8) is 0 Å². The summed E-state index contributed by atoms with van der Waals surface area (Å²) in [6.07, 6.45) is 4.16. The molecular formula is C13H15ClO3. The summed E-state index contributed by atoms with van der Waals surface area (Å²) in [7, 11) is 0. The first-order valence-electron chi connectivity index (χ1n) is 5.79. The molecule has 4 heteroatoms. The van der Waals surface area contributed by atoms with Crippen LogP contribution in [-0.2, 0) is 4.74 Å². The second kappa shape index (κ2) is 6.03. The van der Waals surface area contributed by atoms with Gasteiger partial charge in [-0.3, -0.25) is 4.79 Å². The zero-order valence-electron chi connectivity index (χ0n) is 9.52. The van der Waals surface area contributed by atoms with Gasteiger partial charge in [-0.25, -0.2) is 0 Å². The van der Waals surface area contributed by atoms with E-state index in [1.54, 1.807) is 18.2 Å². The lowest BCUT2D eigenvalue weighted by Gasteiger charge is -2.11. The normalized spacial score (nSPS) is 19.2. The Bertz CT molecular complexity index is 386. The zero-order valence-corrected chi connectivity index (χ0v) is 10.3. The molecule has 1 aromatic rings. The van der Waals surface area contributed by atoms with Gasteiger partial charge in [0.05, 0.1) is 18.3 Å². The van der Waals surface area contributed by atoms with E-state index in [0.29, 0.717) is 29.0 Å². The van der Waals surface area contributed by atoms with Gasteiger partial charge in [0.25, 0.3) is 0 Å². The molecule has 1 heterocycles. The van der Waals surface area contributed by atoms with Crippen LogP contribution < -0.4 is 4.74 Å². The van der Waals surface area contributed by atoms with Crippen LogP contribution in [0.15, 0.2) is 18.2 Å². The van der Waals surface area contributed by atoms with Crippen molar-refractivity contribution in [2.75, 3.05) is 13.2 Å². The summed E-state index contributed by atoms with van der Waals surface area (Å²) in [5.41, 5.74) is 0.491. The Morgan fingerprint density at radius 1 is 1.53 bits per heavy atom. The molecule has 1 aromatic carbocycles. The van der Waals surface area contributed by atoms with Crippen LogP contribution in [0.3, 0.4) is 0 Å². The van der Waals surface area contributed by atoms with E-state index in [9.17, 15) is 4.79 Å².